The fraction of sp³-hybridized carbons (Fsp3) is 0.846. The number of hydrogen-bond acceptors (Lipinski definition) is 3. The Morgan fingerprint density at radius 3 is 2.12 bits per heavy atom. The molecule has 2 amide bonds. The number of amides is 2. The molecule has 1 saturated carbocycles. The molecule has 2 unspecified atom stereocenters. The lowest BCUT2D eigenvalue weighted by molar-refractivity contribution is -0.139. The fourth-order valence-corrected chi connectivity index (χ4v) is 3.04. The highest BCUT2D eigenvalue weighted by atomic mass is 16.2. The average Bonchev–Trinajstić information content (AvgIpc) is 2.60. The van der Waals surface area contributed by atoms with Gasteiger partial charge < -0.3 is 5.73 Å². The minimum atomic E-state index is 0.00533. The Kier molecular flexibility index (Phi) is 4.15. The summed E-state index contributed by atoms with van der Waals surface area (Å²) >= 11 is 0. The highest BCUT2D eigenvalue weighted by Gasteiger charge is 2.47. The Balaban J connectivity index is 1.89. The highest BCUT2D eigenvalue weighted by Crippen LogP contribution is 2.37. The molecule has 17 heavy (non-hydrogen) atoms. The number of imide groups is 1. The molecule has 2 aliphatic rings. The van der Waals surface area contributed by atoms with E-state index in [1.54, 1.807) is 0 Å². The van der Waals surface area contributed by atoms with Gasteiger partial charge in [0.15, 0.2) is 0 Å². The van der Waals surface area contributed by atoms with Crippen LogP contribution in [0.3, 0.4) is 0 Å². The van der Waals surface area contributed by atoms with E-state index in [2.05, 4.69) is 0 Å². The molecule has 2 rings (SSSR count). The summed E-state index contributed by atoms with van der Waals surface area (Å²) in [5, 5.41) is 0. The van der Waals surface area contributed by atoms with Crippen molar-refractivity contribution in [1.29, 1.82) is 0 Å². The van der Waals surface area contributed by atoms with E-state index >= 15 is 0 Å². The first-order valence-electron chi connectivity index (χ1n) is 6.81. The first-order valence-corrected chi connectivity index (χ1v) is 6.81. The number of rotatable bonds is 5. The Bertz CT molecular complexity index is 280. The second kappa shape index (κ2) is 5.63. The molecule has 0 aromatic carbocycles. The van der Waals surface area contributed by atoms with Crippen molar-refractivity contribution in [1.82, 2.24) is 4.90 Å². The molecule has 4 nitrogen and oxygen atoms in total. The topological polar surface area (TPSA) is 63.4 Å². The van der Waals surface area contributed by atoms with Gasteiger partial charge in [-0.05, 0) is 32.2 Å². The maximum atomic E-state index is 12.1. The summed E-state index contributed by atoms with van der Waals surface area (Å²) in [5.41, 5.74) is 5.43. The van der Waals surface area contributed by atoms with E-state index in [0.717, 1.165) is 44.9 Å². The average molecular weight is 238 g/mol. The number of nitrogens with zero attached hydrogens (tertiary/aromatic N) is 1. The molecule has 1 aliphatic heterocycles. The van der Waals surface area contributed by atoms with Crippen molar-refractivity contribution in [2.75, 3.05) is 13.1 Å². The van der Waals surface area contributed by atoms with Gasteiger partial charge >= 0.3 is 0 Å². The van der Waals surface area contributed by atoms with Crippen molar-refractivity contribution in [3.05, 3.63) is 0 Å². The summed E-state index contributed by atoms with van der Waals surface area (Å²) in [6.45, 7) is 1.29. The molecule has 2 atom stereocenters. The molecule has 0 aromatic heterocycles. The lowest BCUT2D eigenvalue weighted by Gasteiger charge is -2.19. The van der Waals surface area contributed by atoms with Crippen LogP contribution in [-0.4, -0.2) is 29.8 Å². The van der Waals surface area contributed by atoms with Crippen molar-refractivity contribution in [2.45, 2.75) is 44.9 Å². The normalized spacial score (nSPS) is 28.6. The summed E-state index contributed by atoms with van der Waals surface area (Å²) in [6.07, 6.45) is 6.89. The summed E-state index contributed by atoms with van der Waals surface area (Å²) in [5.74, 6) is 0.191. The van der Waals surface area contributed by atoms with Gasteiger partial charge in [-0.3, -0.25) is 14.5 Å². The van der Waals surface area contributed by atoms with Gasteiger partial charge in [-0.2, -0.15) is 0 Å². The number of fused-ring (bicyclic) bond motifs is 1. The van der Waals surface area contributed by atoms with Gasteiger partial charge in [0, 0.05) is 6.54 Å². The fourth-order valence-electron chi connectivity index (χ4n) is 3.04. The molecule has 1 saturated heterocycles. The van der Waals surface area contributed by atoms with Crippen LogP contribution in [0, 0.1) is 11.8 Å². The van der Waals surface area contributed by atoms with Crippen LogP contribution < -0.4 is 5.73 Å². The second-order valence-corrected chi connectivity index (χ2v) is 5.17. The monoisotopic (exact) mass is 238 g/mol. The van der Waals surface area contributed by atoms with Gasteiger partial charge in [0.2, 0.25) is 11.8 Å². The number of carbonyl (C=O) groups is 2. The molecule has 0 radical (unpaired) electrons. The summed E-state index contributed by atoms with van der Waals surface area (Å²) < 4.78 is 0. The van der Waals surface area contributed by atoms with E-state index in [1.165, 1.54) is 4.90 Å². The smallest absolute Gasteiger partial charge is 0.233 e. The Morgan fingerprint density at radius 2 is 1.59 bits per heavy atom. The van der Waals surface area contributed by atoms with Gasteiger partial charge in [0.25, 0.3) is 0 Å². The maximum absolute atomic E-state index is 12.1. The minimum Gasteiger partial charge on any atom is -0.330 e. The van der Waals surface area contributed by atoms with Crippen LogP contribution in [0.25, 0.3) is 0 Å². The highest BCUT2D eigenvalue weighted by molar-refractivity contribution is 6.05. The van der Waals surface area contributed by atoms with Crippen LogP contribution in [-0.2, 0) is 9.59 Å². The molecule has 4 heteroatoms. The van der Waals surface area contributed by atoms with Gasteiger partial charge in [0.1, 0.15) is 0 Å². The molecule has 0 aromatic rings. The SMILES string of the molecule is NCCCCCN1C(=O)C2CCCCC2C1=O. The van der Waals surface area contributed by atoms with Gasteiger partial charge in [-0.25, -0.2) is 0 Å². The number of likely N-dealkylation sites (tertiary alicyclic amines) is 1. The summed E-state index contributed by atoms with van der Waals surface area (Å²) in [6, 6.07) is 0. The van der Waals surface area contributed by atoms with Crippen molar-refractivity contribution >= 4 is 11.8 Å². The van der Waals surface area contributed by atoms with Gasteiger partial charge in [-0.15, -0.1) is 0 Å². The minimum absolute atomic E-state index is 0.00533. The van der Waals surface area contributed by atoms with E-state index in [0.29, 0.717) is 13.1 Å². The van der Waals surface area contributed by atoms with Gasteiger partial charge in [-0.1, -0.05) is 19.3 Å². The molecule has 1 heterocycles. The number of nitrogens with two attached hydrogens (primary N) is 1. The summed E-state index contributed by atoms with van der Waals surface area (Å²) in [4.78, 5) is 25.7. The zero-order valence-corrected chi connectivity index (χ0v) is 10.4. The first kappa shape index (κ1) is 12.6. The third kappa shape index (κ3) is 2.51. The first-order chi connectivity index (χ1) is 8.25. The molecular weight excluding hydrogens is 216 g/mol. The molecule has 1 aliphatic carbocycles. The van der Waals surface area contributed by atoms with Crippen molar-refractivity contribution in [3.63, 3.8) is 0 Å². The quantitative estimate of drug-likeness (QED) is 0.580. The van der Waals surface area contributed by atoms with E-state index in [4.69, 9.17) is 5.73 Å². The van der Waals surface area contributed by atoms with Crippen LogP contribution in [0.2, 0.25) is 0 Å². The summed E-state index contributed by atoms with van der Waals surface area (Å²) in [7, 11) is 0. The largest absolute Gasteiger partial charge is 0.330 e. The van der Waals surface area contributed by atoms with Crippen LogP contribution in [0.1, 0.15) is 44.9 Å². The molecule has 0 spiro atoms. The number of unbranched alkanes of at least 4 members (excludes halogenated alkanes) is 2. The molecular formula is C13H22N2O2. The predicted octanol–water partition coefficient (Wildman–Crippen LogP) is 1.29. The molecule has 96 valence electrons. The number of carbonyl (C=O) groups excluding carboxylic acids is 2. The zero-order valence-electron chi connectivity index (χ0n) is 10.4. The van der Waals surface area contributed by atoms with Gasteiger partial charge in [0.05, 0.1) is 11.8 Å². The van der Waals surface area contributed by atoms with Crippen molar-refractivity contribution in [2.24, 2.45) is 17.6 Å². The predicted molar refractivity (Wildman–Crippen MR) is 65.1 cm³/mol. The standard InChI is InChI=1S/C13H22N2O2/c14-8-4-1-5-9-15-12(16)10-6-2-3-7-11(10)13(15)17/h10-11H,1-9,14H2. The van der Waals surface area contributed by atoms with E-state index in [9.17, 15) is 9.59 Å². The van der Waals surface area contributed by atoms with Crippen LogP contribution in [0.15, 0.2) is 0 Å². The Hall–Kier alpha value is -0.900. The third-order valence-electron chi connectivity index (χ3n) is 4.02. The zero-order chi connectivity index (χ0) is 12.3. The lowest BCUT2D eigenvalue weighted by Crippen LogP contribution is -2.32. The Labute approximate surface area is 103 Å². The third-order valence-corrected chi connectivity index (χ3v) is 4.02. The van der Waals surface area contributed by atoms with E-state index in [1.807, 2.05) is 0 Å². The molecule has 2 N–H and O–H groups in total. The van der Waals surface area contributed by atoms with Crippen molar-refractivity contribution < 1.29 is 9.59 Å². The Morgan fingerprint density at radius 1 is 1.00 bits per heavy atom. The maximum Gasteiger partial charge on any atom is 0.233 e. The second-order valence-electron chi connectivity index (χ2n) is 5.17. The van der Waals surface area contributed by atoms with Crippen LogP contribution in [0.5, 0.6) is 0 Å². The van der Waals surface area contributed by atoms with Crippen molar-refractivity contribution in [3.8, 4) is 0 Å². The molecule has 2 fully saturated rings. The van der Waals surface area contributed by atoms with E-state index < -0.39 is 0 Å². The molecule has 0 bridgehead atoms. The van der Waals surface area contributed by atoms with Crippen LogP contribution in [0.4, 0.5) is 0 Å². The van der Waals surface area contributed by atoms with E-state index in [-0.39, 0.29) is 23.7 Å². The lowest BCUT2D eigenvalue weighted by atomic mass is 9.81. The number of hydrogen-bond donors (Lipinski definition) is 1. The van der Waals surface area contributed by atoms with Crippen LogP contribution >= 0.6 is 0 Å².